The zero-order valence-corrected chi connectivity index (χ0v) is 17.6. The van der Waals surface area contributed by atoms with E-state index in [9.17, 15) is 19.2 Å². The molecular formula is C24H27N3O4. The Balaban J connectivity index is 1.52. The topological polar surface area (TPSA) is 95.6 Å². The third-order valence-electron chi connectivity index (χ3n) is 5.43. The van der Waals surface area contributed by atoms with Crippen LogP contribution >= 0.6 is 0 Å². The van der Waals surface area contributed by atoms with E-state index in [1.165, 1.54) is 4.90 Å². The lowest BCUT2D eigenvalue weighted by Crippen LogP contribution is -2.52. The number of benzene rings is 1. The van der Waals surface area contributed by atoms with Crippen molar-refractivity contribution in [2.75, 3.05) is 0 Å². The van der Waals surface area contributed by atoms with Crippen molar-refractivity contribution < 1.29 is 19.2 Å². The molecule has 31 heavy (non-hydrogen) atoms. The Morgan fingerprint density at radius 3 is 2.87 bits per heavy atom. The standard InChI is InChI=1S/C24H27N3O4/c1-3-16(2)7-5-4-6-8-21(28)25-14-17-9-10-19-18(13-17)15-27(24(19)31)20-11-12-22(29)26-23(20)30/h3-5,7,9-10,13,20H,1,6,8,11-12,14-15H2,2H3,(H,25,28)(H,26,29,30)/b5-4-,16-7-. The molecule has 1 unspecified atom stereocenters. The van der Waals surface area contributed by atoms with E-state index in [1.54, 1.807) is 12.1 Å². The summed E-state index contributed by atoms with van der Waals surface area (Å²) in [7, 11) is 0. The number of amides is 4. The van der Waals surface area contributed by atoms with Gasteiger partial charge in [0.2, 0.25) is 17.7 Å². The Morgan fingerprint density at radius 1 is 1.32 bits per heavy atom. The average Bonchev–Trinajstić information content (AvgIpc) is 3.07. The van der Waals surface area contributed by atoms with Gasteiger partial charge in [-0.3, -0.25) is 24.5 Å². The molecule has 3 rings (SSSR count). The van der Waals surface area contributed by atoms with Crippen LogP contribution in [0.15, 0.2) is 54.7 Å². The SMILES string of the molecule is C=C/C(C)=C\C=C/CCC(=O)NCc1ccc2c(c1)CN(C1CCC(=O)NC1=O)C2=O. The van der Waals surface area contributed by atoms with Gasteiger partial charge in [0, 0.05) is 31.5 Å². The Kier molecular flexibility index (Phi) is 7.18. The molecule has 2 aliphatic heterocycles. The fourth-order valence-electron chi connectivity index (χ4n) is 3.63. The number of allylic oxidation sites excluding steroid dienone is 5. The maximum Gasteiger partial charge on any atom is 0.255 e. The van der Waals surface area contributed by atoms with Gasteiger partial charge in [-0.15, -0.1) is 0 Å². The van der Waals surface area contributed by atoms with Crippen LogP contribution in [-0.2, 0) is 27.5 Å². The number of rotatable bonds is 8. The first-order chi connectivity index (χ1) is 14.9. The summed E-state index contributed by atoms with van der Waals surface area (Å²) >= 11 is 0. The number of carbonyl (C=O) groups excluding carboxylic acids is 4. The highest BCUT2D eigenvalue weighted by atomic mass is 16.2. The van der Waals surface area contributed by atoms with Crippen molar-refractivity contribution in [1.82, 2.24) is 15.5 Å². The van der Waals surface area contributed by atoms with Crippen LogP contribution in [-0.4, -0.2) is 34.6 Å². The third kappa shape index (κ3) is 5.57. The zero-order valence-electron chi connectivity index (χ0n) is 17.6. The van der Waals surface area contributed by atoms with Crippen molar-refractivity contribution >= 4 is 23.6 Å². The van der Waals surface area contributed by atoms with E-state index in [-0.39, 0.29) is 24.1 Å². The molecule has 1 atom stereocenters. The van der Waals surface area contributed by atoms with E-state index in [2.05, 4.69) is 17.2 Å². The van der Waals surface area contributed by atoms with Crippen LogP contribution < -0.4 is 10.6 Å². The minimum Gasteiger partial charge on any atom is -0.352 e. The van der Waals surface area contributed by atoms with Crippen molar-refractivity contribution in [3.05, 3.63) is 71.3 Å². The van der Waals surface area contributed by atoms with E-state index >= 15 is 0 Å². The summed E-state index contributed by atoms with van der Waals surface area (Å²) in [6.45, 7) is 6.34. The number of hydrogen-bond acceptors (Lipinski definition) is 4. The highest BCUT2D eigenvalue weighted by Crippen LogP contribution is 2.28. The molecule has 7 heteroatoms. The lowest BCUT2D eigenvalue weighted by molar-refractivity contribution is -0.137. The molecule has 0 bridgehead atoms. The normalized spacial score (nSPS) is 18.9. The van der Waals surface area contributed by atoms with Gasteiger partial charge in [-0.25, -0.2) is 0 Å². The summed E-state index contributed by atoms with van der Waals surface area (Å²) in [6, 6.07) is 4.82. The van der Waals surface area contributed by atoms with Crippen LogP contribution in [0.3, 0.4) is 0 Å². The largest absolute Gasteiger partial charge is 0.352 e. The number of fused-ring (bicyclic) bond motifs is 1. The van der Waals surface area contributed by atoms with Crippen LogP contribution in [0.5, 0.6) is 0 Å². The highest BCUT2D eigenvalue weighted by Gasteiger charge is 2.38. The maximum absolute atomic E-state index is 12.7. The van der Waals surface area contributed by atoms with E-state index < -0.39 is 11.9 Å². The predicted octanol–water partition coefficient (Wildman–Crippen LogP) is 2.53. The molecule has 1 fully saturated rings. The highest BCUT2D eigenvalue weighted by molar-refractivity contribution is 6.05. The van der Waals surface area contributed by atoms with E-state index in [1.807, 2.05) is 37.3 Å². The molecule has 0 aliphatic carbocycles. The van der Waals surface area contributed by atoms with Crippen LogP contribution in [0.1, 0.15) is 54.1 Å². The van der Waals surface area contributed by atoms with Crippen LogP contribution in [0.25, 0.3) is 0 Å². The molecule has 2 N–H and O–H groups in total. The summed E-state index contributed by atoms with van der Waals surface area (Å²) in [5, 5.41) is 5.19. The van der Waals surface area contributed by atoms with Crippen molar-refractivity contribution in [1.29, 1.82) is 0 Å². The number of carbonyl (C=O) groups is 4. The molecule has 0 aromatic heterocycles. The molecule has 0 radical (unpaired) electrons. The smallest absolute Gasteiger partial charge is 0.255 e. The second-order valence-electron chi connectivity index (χ2n) is 7.75. The van der Waals surface area contributed by atoms with Gasteiger partial charge >= 0.3 is 0 Å². The minimum atomic E-state index is -0.626. The third-order valence-corrected chi connectivity index (χ3v) is 5.43. The van der Waals surface area contributed by atoms with Crippen LogP contribution in [0.4, 0.5) is 0 Å². The zero-order chi connectivity index (χ0) is 22.4. The number of nitrogens with zero attached hydrogens (tertiary/aromatic N) is 1. The molecule has 2 heterocycles. The molecule has 4 amide bonds. The lowest BCUT2D eigenvalue weighted by Gasteiger charge is -2.29. The molecule has 7 nitrogen and oxygen atoms in total. The summed E-state index contributed by atoms with van der Waals surface area (Å²) < 4.78 is 0. The van der Waals surface area contributed by atoms with Gasteiger partial charge in [-0.2, -0.15) is 0 Å². The summed E-state index contributed by atoms with van der Waals surface area (Å²) in [5.74, 6) is -0.972. The van der Waals surface area contributed by atoms with Crippen LogP contribution in [0.2, 0.25) is 0 Å². The van der Waals surface area contributed by atoms with Crippen molar-refractivity contribution in [2.45, 2.75) is 51.7 Å². The van der Waals surface area contributed by atoms with Crippen LogP contribution in [0, 0.1) is 0 Å². The van der Waals surface area contributed by atoms with Gasteiger partial charge in [0.15, 0.2) is 0 Å². The van der Waals surface area contributed by atoms with Gasteiger partial charge in [-0.1, -0.05) is 48.6 Å². The Bertz CT molecular complexity index is 977. The quantitative estimate of drug-likeness (QED) is 0.498. The summed E-state index contributed by atoms with van der Waals surface area (Å²) in [5.41, 5.74) is 3.35. The van der Waals surface area contributed by atoms with Crippen molar-refractivity contribution in [3.8, 4) is 0 Å². The van der Waals surface area contributed by atoms with Gasteiger partial charge in [0.1, 0.15) is 6.04 Å². The molecular weight excluding hydrogens is 394 g/mol. The second kappa shape index (κ2) is 10.0. The Hall–Kier alpha value is -3.48. The summed E-state index contributed by atoms with van der Waals surface area (Å²) in [4.78, 5) is 49.8. The van der Waals surface area contributed by atoms with Crippen molar-refractivity contribution in [3.63, 3.8) is 0 Å². The number of nitrogens with one attached hydrogen (secondary N) is 2. The van der Waals surface area contributed by atoms with Gasteiger partial charge < -0.3 is 10.2 Å². The lowest BCUT2D eigenvalue weighted by atomic mass is 10.0. The Labute approximate surface area is 181 Å². The van der Waals surface area contributed by atoms with Crippen molar-refractivity contribution in [2.24, 2.45) is 0 Å². The molecule has 1 saturated heterocycles. The minimum absolute atomic E-state index is 0.0455. The molecule has 2 aliphatic rings. The first kappa shape index (κ1) is 22.2. The molecule has 1 aromatic rings. The predicted molar refractivity (Wildman–Crippen MR) is 117 cm³/mol. The first-order valence-corrected chi connectivity index (χ1v) is 10.4. The maximum atomic E-state index is 12.7. The van der Waals surface area contributed by atoms with E-state index in [0.29, 0.717) is 37.9 Å². The molecule has 0 saturated carbocycles. The molecule has 0 spiro atoms. The summed E-state index contributed by atoms with van der Waals surface area (Å²) in [6.07, 6.45) is 9.17. The van der Waals surface area contributed by atoms with Gasteiger partial charge in [0.05, 0.1) is 0 Å². The first-order valence-electron chi connectivity index (χ1n) is 10.4. The average molecular weight is 421 g/mol. The molecule has 1 aromatic carbocycles. The number of hydrogen-bond donors (Lipinski definition) is 2. The van der Waals surface area contributed by atoms with E-state index in [0.717, 1.165) is 16.7 Å². The second-order valence-corrected chi connectivity index (χ2v) is 7.75. The van der Waals surface area contributed by atoms with E-state index in [4.69, 9.17) is 0 Å². The number of piperidine rings is 1. The fraction of sp³-hybridized carbons (Fsp3) is 0.333. The fourth-order valence-corrected chi connectivity index (χ4v) is 3.63. The monoisotopic (exact) mass is 421 g/mol. The van der Waals surface area contributed by atoms with Gasteiger partial charge in [-0.05, 0) is 37.0 Å². The molecule has 162 valence electrons. The van der Waals surface area contributed by atoms with Gasteiger partial charge in [0.25, 0.3) is 5.91 Å². The Morgan fingerprint density at radius 2 is 2.13 bits per heavy atom. The number of imide groups is 1.